The van der Waals surface area contributed by atoms with Crippen molar-refractivity contribution in [3.63, 3.8) is 0 Å². The van der Waals surface area contributed by atoms with E-state index in [0.29, 0.717) is 5.56 Å². The lowest BCUT2D eigenvalue weighted by Gasteiger charge is -2.25. The van der Waals surface area contributed by atoms with Gasteiger partial charge in [0.15, 0.2) is 0 Å². The molecule has 0 saturated heterocycles. The fourth-order valence-corrected chi connectivity index (χ4v) is 2.53. The van der Waals surface area contributed by atoms with Crippen LogP contribution in [0.15, 0.2) is 12.1 Å². The van der Waals surface area contributed by atoms with Crippen molar-refractivity contribution in [2.75, 3.05) is 6.61 Å². The number of aryl methyl sites for hydroxylation is 1. The SMILES string of the molecule is Cc1cc(OC[C@H](C)N([SH](=O)=O)C(F)(F)F)cc(C(=O)O)c1Cl. The zero-order valence-electron chi connectivity index (χ0n) is 11.9. The zero-order valence-corrected chi connectivity index (χ0v) is 13.6. The molecule has 1 N–H and O–H groups in total. The van der Waals surface area contributed by atoms with E-state index in [9.17, 15) is 26.4 Å². The van der Waals surface area contributed by atoms with Gasteiger partial charge in [0.1, 0.15) is 12.4 Å². The van der Waals surface area contributed by atoms with Crippen molar-refractivity contribution in [1.82, 2.24) is 4.31 Å². The molecule has 0 fully saturated rings. The van der Waals surface area contributed by atoms with Gasteiger partial charge >= 0.3 is 12.3 Å². The Hall–Kier alpha value is -1.52. The van der Waals surface area contributed by atoms with Gasteiger partial charge in [0, 0.05) is 0 Å². The molecule has 0 bridgehead atoms. The second kappa shape index (κ2) is 7.37. The van der Waals surface area contributed by atoms with E-state index in [0.717, 1.165) is 13.0 Å². The lowest BCUT2D eigenvalue weighted by molar-refractivity contribution is -0.220. The average molecular weight is 376 g/mol. The van der Waals surface area contributed by atoms with E-state index in [4.69, 9.17) is 21.4 Å². The van der Waals surface area contributed by atoms with E-state index < -0.39 is 40.1 Å². The smallest absolute Gasteiger partial charge is 0.473 e. The van der Waals surface area contributed by atoms with Gasteiger partial charge in [0.05, 0.1) is 16.6 Å². The normalized spacial score (nSPS) is 13.4. The molecule has 1 aromatic rings. The van der Waals surface area contributed by atoms with Crippen LogP contribution in [0.5, 0.6) is 5.75 Å². The van der Waals surface area contributed by atoms with Crippen molar-refractivity contribution in [1.29, 1.82) is 0 Å². The van der Waals surface area contributed by atoms with Crippen LogP contribution in [0.3, 0.4) is 0 Å². The van der Waals surface area contributed by atoms with Crippen molar-refractivity contribution in [2.45, 2.75) is 26.2 Å². The van der Waals surface area contributed by atoms with Gasteiger partial charge in [-0.15, -0.1) is 4.31 Å². The van der Waals surface area contributed by atoms with Crippen LogP contribution in [0, 0.1) is 6.92 Å². The summed E-state index contributed by atoms with van der Waals surface area (Å²) in [5.41, 5.74) is 0.0914. The molecule has 0 aromatic heterocycles. The van der Waals surface area contributed by atoms with Crippen molar-refractivity contribution in [3.05, 3.63) is 28.3 Å². The highest BCUT2D eigenvalue weighted by atomic mass is 35.5. The average Bonchev–Trinajstić information content (AvgIpc) is 2.37. The number of nitrogens with zero attached hydrogens (tertiary/aromatic N) is 1. The largest absolute Gasteiger partial charge is 0.492 e. The zero-order chi connectivity index (χ0) is 17.9. The molecule has 0 aliphatic heterocycles. The lowest BCUT2D eigenvalue weighted by atomic mass is 10.1. The molecule has 0 radical (unpaired) electrons. The third kappa shape index (κ3) is 4.98. The summed E-state index contributed by atoms with van der Waals surface area (Å²) in [5.74, 6) is -1.35. The molecule has 23 heavy (non-hydrogen) atoms. The van der Waals surface area contributed by atoms with E-state index >= 15 is 0 Å². The predicted octanol–water partition coefficient (Wildman–Crippen LogP) is 2.46. The Labute approximate surface area is 136 Å². The minimum atomic E-state index is -5.07. The minimum absolute atomic E-state index is 0.0162. The predicted molar refractivity (Wildman–Crippen MR) is 76.3 cm³/mol. The van der Waals surface area contributed by atoms with Gasteiger partial charge in [0.25, 0.3) is 0 Å². The highest BCUT2D eigenvalue weighted by Crippen LogP contribution is 2.28. The maximum absolute atomic E-state index is 12.6. The van der Waals surface area contributed by atoms with Gasteiger partial charge < -0.3 is 9.84 Å². The number of halogens is 4. The first kappa shape index (κ1) is 19.5. The number of carbonyl (C=O) groups is 1. The summed E-state index contributed by atoms with van der Waals surface area (Å²) in [6.45, 7) is 1.89. The molecule has 0 unspecified atom stereocenters. The van der Waals surface area contributed by atoms with E-state index in [1.807, 2.05) is 0 Å². The van der Waals surface area contributed by atoms with Crippen molar-refractivity contribution < 1.29 is 36.2 Å². The summed E-state index contributed by atoms with van der Waals surface area (Å²) in [7, 11) is -3.89. The number of ether oxygens (including phenoxy) is 1. The minimum Gasteiger partial charge on any atom is -0.492 e. The molecule has 0 saturated carbocycles. The number of carboxylic acid groups (broad SMARTS) is 1. The Morgan fingerprint density at radius 2 is 2.00 bits per heavy atom. The topological polar surface area (TPSA) is 83.9 Å². The van der Waals surface area contributed by atoms with E-state index in [1.54, 1.807) is 0 Å². The fourth-order valence-electron chi connectivity index (χ4n) is 1.77. The monoisotopic (exact) mass is 375 g/mol. The summed E-state index contributed by atoms with van der Waals surface area (Å²) in [6.07, 6.45) is -5.07. The molecule has 0 heterocycles. The highest BCUT2D eigenvalue weighted by molar-refractivity contribution is 7.69. The molecule has 1 atom stereocenters. The quantitative estimate of drug-likeness (QED) is 0.589. The third-order valence-corrected chi connectivity index (χ3v) is 4.28. The Balaban J connectivity index is 2.96. The van der Waals surface area contributed by atoms with Gasteiger partial charge in [-0.25, -0.2) is 13.2 Å². The van der Waals surface area contributed by atoms with Crippen molar-refractivity contribution >= 4 is 28.5 Å². The highest BCUT2D eigenvalue weighted by Gasteiger charge is 2.43. The Kier molecular flexibility index (Phi) is 6.25. The molecule has 0 amide bonds. The van der Waals surface area contributed by atoms with Crippen LogP contribution in [0.25, 0.3) is 0 Å². The number of thiol groups is 1. The second-order valence-corrected chi connectivity index (χ2v) is 5.90. The molecule has 0 aliphatic carbocycles. The number of benzene rings is 1. The number of hydrogen-bond acceptors (Lipinski definition) is 4. The molecular formula is C12H13ClF3NO5S. The third-order valence-electron chi connectivity index (χ3n) is 2.80. The van der Waals surface area contributed by atoms with Crippen LogP contribution in [-0.4, -0.2) is 42.7 Å². The van der Waals surface area contributed by atoms with Crippen LogP contribution in [0.2, 0.25) is 5.02 Å². The van der Waals surface area contributed by atoms with Crippen LogP contribution in [0.4, 0.5) is 13.2 Å². The molecule has 0 spiro atoms. The van der Waals surface area contributed by atoms with Crippen molar-refractivity contribution in [2.24, 2.45) is 0 Å². The standard InChI is InChI=1S/C12H13ClF3NO5S/c1-6-3-8(4-9(10(6)13)11(18)19)22-5-7(2)17(23(20)21)12(14,15)16/h3-4,7,23H,5H2,1-2H3,(H,18,19)/t7-/m0/s1. The van der Waals surface area contributed by atoms with E-state index in [1.165, 1.54) is 13.0 Å². The molecule has 1 rings (SSSR count). The number of aromatic carboxylic acids is 1. The summed E-state index contributed by atoms with van der Waals surface area (Å²) in [5, 5.41) is 8.97. The van der Waals surface area contributed by atoms with E-state index in [-0.39, 0.29) is 16.3 Å². The number of hydrogen-bond donors (Lipinski definition) is 2. The van der Waals surface area contributed by atoms with Gasteiger partial charge in [0.2, 0.25) is 10.9 Å². The lowest BCUT2D eigenvalue weighted by Crippen LogP contribution is -2.45. The Bertz CT molecular complexity index is 669. The fraction of sp³-hybridized carbons (Fsp3) is 0.417. The summed E-state index contributed by atoms with van der Waals surface area (Å²) in [6, 6.07) is 0.872. The number of alkyl halides is 3. The molecule has 11 heteroatoms. The van der Waals surface area contributed by atoms with Crippen molar-refractivity contribution in [3.8, 4) is 5.75 Å². The van der Waals surface area contributed by atoms with Gasteiger partial charge in [-0.2, -0.15) is 13.2 Å². The first-order chi connectivity index (χ1) is 10.4. The summed E-state index contributed by atoms with van der Waals surface area (Å²) >= 11 is 5.80. The first-order valence-electron chi connectivity index (χ1n) is 6.11. The van der Waals surface area contributed by atoms with Crippen LogP contribution in [0.1, 0.15) is 22.8 Å². The number of carboxylic acids is 1. The number of rotatable bonds is 6. The summed E-state index contributed by atoms with van der Waals surface area (Å²) < 4.78 is 63.8. The van der Waals surface area contributed by atoms with E-state index in [2.05, 4.69) is 0 Å². The van der Waals surface area contributed by atoms with Gasteiger partial charge in [-0.1, -0.05) is 11.6 Å². The second-order valence-electron chi connectivity index (χ2n) is 4.62. The first-order valence-corrected chi connectivity index (χ1v) is 7.62. The maximum atomic E-state index is 12.6. The molecule has 0 aliphatic rings. The van der Waals surface area contributed by atoms with Gasteiger partial charge in [-0.05, 0) is 31.5 Å². The van der Waals surface area contributed by atoms with Crippen LogP contribution in [-0.2, 0) is 10.9 Å². The molecule has 1 aromatic carbocycles. The Morgan fingerprint density at radius 3 is 2.43 bits per heavy atom. The molecule has 130 valence electrons. The Morgan fingerprint density at radius 1 is 1.43 bits per heavy atom. The maximum Gasteiger partial charge on any atom is 0.473 e. The summed E-state index contributed by atoms with van der Waals surface area (Å²) in [4.78, 5) is 11.0. The molecule has 6 nitrogen and oxygen atoms in total. The van der Waals surface area contributed by atoms with Crippen LogP contribution < -0.4 is 4.74 Å². The molecular weight excluding hydrogens is 363 g/mol. The van der Waals surface area contributed by atoms with Gasteiger partial charge in [-0.3, -0.25) is 0 Å². The van der Waals surface area contributed by atoms with Crippen LogP contribution >= 0.6 is 11.6 Å².